The van der Waals surface area contributed by atoms with Crippen LogP contribution in [0.3, 0.4) is 0 Å². The number of pyridine rings is 1. The van der Waals surface area contributed by atoms with Gasteiger partial charge in [-0.25, -0.2) is 4.98 Å². The summed E-state index contributed by atoms with van der Waals surface area (Å²) in [5.74, 6) is -1.63. The third kappa shape index (κ3) is 5.26. The Hall–Kier alpha value is -1.62. The second kappa shape index (κ2) is 7.09. The van der Waals surface area contributed by atoms with Gasteiger partial charge in [-0.2, -0.15) is 0 Å². The van der Waals surface area contributed by atoms with Crippen LogP contribution in [0.5, 0.6) is 0 Å². The lowest BCUT2D eigenvalue weighted by Gasteiger charge is -2.15. The maximum atomic E-state index is 11.8. The number of aliphatic carboxylic acids is 1. The molecule has 1 rings (SSSR count). The van der Waals surface area contributed by atoms with E-state index in [1.165, 1.54) is 12.3 Å². The monoisotopic (exact) mass is 284 g/mol. The molecular weight excluding hydrogens is 268 g/mol. The number of carbonyl (C=O) groups excluding carboxylic acids is 1. The quantitative estimate of drug-likeness (QED) is 0.839. The highest BCUT2D eigenvalue weighted by atomic mass is 35.5. The van der Waals surface area contributed by atoms with Gasteiger partial charge in [-0.15, -0.1) is 0 Å². The molecule has 0 aliphatic rings. The highest BCUT2D eigenvalue weighted by molar-refractivity contribution is 6.30. The van der Waals surface area contributed by atoms with Gasteiger partial charge < -0.3 is 10.4 Å². The number of nitrogens with zero attached hydrogens (tertiary/aromatic N) is 1. The summed E-state index contributed by atoms with van der Waals surface area (Å²) >= 11 is 5.67. The average Bonchev–Trinajstić information content (AvgIpc) is 2.34. The molecule has 104 valence electrons. The van der Waals surface area contributed by atoms with Crippen LogP contribution in [0.25, 0.3) is 0 Å². The molecule has 1 aromatic rings. The Morgan fingerprint density at radius 1 is 1.42 bits per heavy atom. The molecule has 6 heteroatoms. The van der Waals surface area contributed by atoms with Crippen molar-refractivity contribution in [2.24, 2.45) is 11.8 Å². The number of rotatable bonds is 6. The molecule has 5 nitrogen and oxygen atoms in total. The van der Waals surface area contributed by atoms with E-state index in [1.54, 1.807) is 6.07 Å². The molecule has 1 aromatic heterocycles. The van der Waals surface area contributed by atoms with Crippen molar-refractivity contribution in [1.82, 2.24) is 10.3 Å². The molecule has 2 N–H and O–H groups in total. The van der Waals surface area contributed by atoms with Crippen molar-refractivity contribution in [3.8, 4) is 0 Å². The van der Waals surface area contributed by atoms with Crippen molar-refractivity contribution in [2.75, 3.05) is 6.54 Å². The van der Waals surface area contributed by atoms with Gasteiger partial charge in [0.25, 0.3) is 5.91 Å². The first-order valence-electron chi connectivity index (χ1n) is 6.02. The van der Waals surface area contributed by atoms with Crippen LogP contribution in [0.2, 0.25) is 5.02 Å². The topological polar surface area (TPSA) is 79.3 Å². The maximum absolute atomic E-state index is 11.8. The molecule has 0 aliphatic heterocycles. The lowest BCUT2D eigenvalue weighted by Crippen LogP contribution is -2.34. The smallest absolute Gasteiger partial charge is 0.308 e. The average molecular weight is 285 g/mol. The van der Waals surface area contributed by atoms with Crippen molar-refractivity contribution >= 4 is 23.5 Å². The lowest BCUT2D eigenvalue weighted by molar-refractivity contribution is -0.142. The number of halogens is 1. The van der Waals surface area contributed by atoms with Gasteiger partial charge in [0.15, 0.2) is 0 Å². The van der Waals surface area contributed by atoms with Crippen LogP contribution in [0.1, 0.15) is 30.8 Å². The summed E-state index contributed by atoms with van der Waals surface area (Å²) in [6.07, 6.45) is 1.89. The van der Waals surface area contributed by atoms with E-state index in [9.17, 15) is 9.59 Å². The Morgan fingerprint density at radius 2 is 2.11 bits per heavy atom. The number of carbonyl (C=O) groups is 2. The molecular formula is C13H17ClN2O3. The largest absolute Gasteiger partial charge is 0.481 e. The molecule has 0 bridgehead atoms. The summed E-state index contributed by atoms with van der Waals surface area (Å²) in [5, 5.41) is 12.1. The van der Waals surface area contributed by atoms with E-state index in [2.05, 4.69) is 10.3 Å². The fraction of sp³-hybridized carbons (Fsp3) is 0.462. The zero-order valence-corrected chi connectivity index (χ0v) is 11.6. The first-order valence-corrected chi connectivity index (χ1v) is 6.40. The van der Waals surface area contributed by atoms with E-state index < -0.39 is 17.8 Å². The summed E-state index contributed by atoms with van der Waals surface area (Å²) in [6.45, 7) is 3.98. The van der Waals surface area contributed by atoms with Crippen LogP contribution in [-0.4, -0.2) is 28.5 Å². The molecule has 0 fully saturated rings. The van der Waals surface area contributed by atoms with E-state index in [4.69, 9.17) is 16.7 Å². The predicted octanol–water partition coefficient (Wildman–Crippen LogP) is 2.21. The zero-order valence-electron chi connectivity index (χ0n) is 10.9. The number of carboxylic acid groups (broad SMARTS) is 1. The maximum Gasteiger partial charge on any atom is 0.308 e. The Kier molecular flexibility index (Phi) is 5.76. The number of aromatic nitrogens is 1. The minimum atomic E-state index is -0.905. The number of nitrogens with one attached hydrogen (secondary N) is 1. The second-order valence-electron chi connectivity index (χ2n) is 4.74. The van der Waals surface area contributed by atoms with E-state index in [0.29, 0.717) is 11.4 Å². The molecule has 19 heavy (non-hydrogen) atoms. The van der Waals surface area contributed by atoms with Crippen LogP contribution in [-0.2, 0) is 4.79 Å². The minimum absolute atomic E-state index is 0.0939. The van der Waals surface area contributed by atoms with Gasteiger partial charge in [-0.3, -0.25) is 9.59 Å². The minimum Gasteiger partial charge on any atom is -0.481 e. The Morgan fingerprint density at radius 3 is 2.58 bits per heavy atom. The highest BCUT2D eigenvalue weighted by Crippen LogP contribution is 2.11. The molecule has 1 amide bonds. The third-order valence-electron chi connectivity index (χ3n) is 2.57. The molecule has 0 saturated heterocycles. The molecule has 0 unspecified atom stereocenters. The third-order valence-corrected chi connectivity index (χ3v) is 2.80. The van der Waals surface area contributed by atoms with Crippen molar-refractivity contribution in [3.63, 3.8) is 0 Å². The van der Waals surface area contributed by atoms with Crippen LogP contribution < -0.4 is 5.32 Å². The summed E-state index contributed by atoms with van der Waals surface area (Å²) in [6, 6.07) is 3.06. The molecule has 1 atom stereocenters. The van der Waals surface area contributed by atoms with E-state index in [1.807, 2.05) is 13.8 Å². The number of carboxylic acids is 1. The van der Waals surface area contributed by atoms with Crippen molar-refractivity contribution < 1.29 is 14.7 Å². The zero-order chi connectivity index (χ0) is 14.4. The van der Waals surface area contributed by atoms with Crippen molar-refractivity contribution in [2.45, 2.75) is 20.3 Å². The summed E-state index contributed by atoms with van der Waals surface area (Å²) < 4.78 is 0. The van der Waals surface area contributed by atoms with Gasteiger partial charge in [0.1, 0.15) is 5.69 Å². The van der Waals surface area contributed by atoms with E-state index in [0.717, 1.165) is 0 Å². The standard InChI is InChI=1S/C13H17ClN2O3/c1-8(2)5-9(13(18)19)6-16-12(17)11-4-3-10(14)7-15-11/h3-4,7-9H,5-6H2,1-2H3,(H,16,17)(H,18,19)/t9-/m0/s1. The molecule has 0 radical (unpaired) electrons. The number of hydrogen-bond donors (Lipinski definition) is 2. The highest BCUT2D eigenvalue weighted by Gasteiger charge is 2.20. The summed E-state index contributed by atoms with van der Waals surface area (Å²) in [5.41, 5.74) is 0.220. The van der Waals surface area contributed by atoms with Gasteiger partial charge in [0.2, 0.25) is 0 Å². The predicted molar refractivity (Wildman–Crippen MR) is 72.2 cm³/mol. The van der Waals surface area contributed by atoms with E-state index >= 15 is 0 Å². The molecule has 0 aromatic carbocycles. The molecule has 0 saturated carbocycles. The summed E-state index contributed by atoms with van der Waals surface area (Å²) in [4.78, 5) is 26.7. The van der Waals surface area contributed by atoms with Crippen molar-refractivity contribution in [3.05, 3.63) is 29.0 Å². The number of hydrogen-bond acceptors (Lipinski definition) is 3. The van der Waals surface area contributed by atoms with E-state index in [-0.39, 0.29) is 18.2 Å². The normalized spacial score (nSPS) is 12.2. The SMILES string of the molecule is CC(C)C[C@@H](CNC(=O)c1ccc(Cl)cn1)C(=O)O. The van der Waals surface area contributed by atoms with Crippen molar-refractivity contribution in [1.29, 1.82) is 0 Å². The van der Waals surface area contributed by atoms with Gasteiger partial charge in [-0.1, -0.05) is 25.4 Å². The van der Waals surface area contributed by atoms with Crippen LogP contribution >= 0.6 is 11.6 Å². The van der Waals surface area contributed by atoms with Gasteiger partial charge in [0.05, 0.1) is 10.9 Å². The molecule has 0 spiro atoms. The fourth-order valence-corrected chi connectivity index (χ4v) is 1.77. The van der Waals surface area contributed by atoms with Crippen LogP contribution in [0, 0.1) is 11.8 Å². The Bertz CT molecular complexity index is 446. The molecule has 0 aliphatic carbocycles. The van der Waals surface area contributed by atoms with Gasteiger partial charge in [0, 0.05) is 12.7 Å². The van der Waals surface area contributed by atoms with Gasteiger partial charge >= 0.3 is 5.97 Å². The van der Waals surface area contributed by atoms with Crippen LogP contribution in [0.15, 0.2) is 18.3 Å². The van der Waals surface area contributed by atoms with Crippen LogP contribution in [0.4, 0.5) is 0 Å². The molecule has 1 heterocycles. The first-order chi connectivity index (χ1) is 8.90. The lowest BCUT2D eigenvalue weighted by atomic mass is 9.97. The number of amides is 1. The second-order valence-corrected chi connectivity index (χ2v) is 5.17. The first kappa shape index (κ1) is 15.4. The Labute approximate surface area is 117 Å². The summed E-state index contributed by atoms with van der Waals surface area (Å²) in [7, 11) is 0. The van der Waals surface area contributed by atoms with Gasteiger partial charge in [-0.05, 0) is 24.5 Å². The fourth-order valence-electron chi connectivity index (χ4n) is 1.66. The Balaban J connectivity index is 2.56.